The summed E-state index contributed by atoms with van der Waals surface area (Å²) in [6, 6.07) is 14.7. The molecule has 3 rings (SSSR count). The molecule has 2 aromatic rings. The van der Waals surface area contributed by atoms with Crippen LogP contribution >= 0.6 is 0 Å². The lowest BCUT2D eigenvalue weighted by molar-refractivity contribution is -0.128. The van der Waals surface area contributed by atoms with Gasteiger partial charge in [0, 0.05) is 36.4 Å². The number of nitrogens with one attached hydrogen (secondary N) is 2. The minimum atomic E-state index is -0.331. The fourth-order valence-electron chi connectivity index (χ4n) is 3.80. The van der Waals surface area contributed by atoms with Crippen LogP contribution in [0, 0.1) is 5.92 Å². The average molecular weight is 436 g/mol. The van der Waals surface area contributed by atoms with Crippen molar-refractivity contribution in [3.05, 3.63) is 59.7 Å². The molecule has 1 saturated heterocycles. The molecule has 0 unspecified atom stereocenters. The number of rotatable bonds is 10. The summed E-state index contributed by atoms with van der Waals surface area (Å²) in [6.45, 7) is 5.44. The van der Waals surface area contributed by atoms with Gasteiger partial charge in [0.05, 0.1) is 5.92 Å². The molecule has 1 aliphatic heterocycles. The van der Waals surface area contributed by atoms with Crippen LogP contribution < -0.4 is 10.6 Å². The summed E-state index contributed by atoms with van der Waals surface area (Å²) in [7, 11) is 0. The van der Waals surface area contributed by atoms with Crippen molar-refractivity contribution in [1.29, 1.82) is 0 Å². The number of benzene rings is 2. The standard InChI is InChI=1S/C26H33N3O3/c1-3-5-7-19-8-12-22(13-9-19)27-25(31)20-10-14-23(15-11-20)28-26(32)21-17-24(30)29(18-21)16-6-4-2/h8-15,21H,3-7,16-18H2,1-2H3,(H,27,31)(H,28,32)/t21-/m1/s1. The SMILES string of the molecule is CCCCc1ccc(NC(=O)c2ccc(NC(=O)[C@@H]3CC(=O)N(CCCC)C3)cc2)cc1. The highest BCUT2D eigenvalue weighted by molar-refractivity contribution is 6.04. The van der Waals surface area contributed by atoms with Gasteiger partial charge in [-0.05, 0) is 61.2 Å². The Kier molecular flexibility index (Phi) is 8.42. The first-order chi connectivity index (χ1) is 15.5. The van der Waals surface area contributed by atoms with Crippen molar-refractivity contribution in [2.24, 2.45) is 5.92 Å². The van der Waals surface area contributed by atoms with E-state index in [2.05, 4.69) is 24.5 Å². The van der Waals surface area contributed by atoms with Gasteiger partial charge in [0.2, 0.25) is 11.8 Å². The molecule has 0 spiro atoms. The summed E-state index contributed by atoms with van der Waals surface area (Å²) in [6.07, 6.45) is 5.59. The van der Waals surface area contributed by atoms with Crippen LogP contribution in [-0.2, 0) is 16.0 Å². The molecule has 170 valence electrons. The van der Waals surface area contributed by atoms with E-state index in [4.69, 9.17) is 0 Å². The minimum absolute atomic E-state index is 0.0454. The van der Waals surface area contributed by atoms with Gasteiger partial charge in [-0.25, -0.2) is 0 Å². The third-order valence-corrected chi connectivity index (χ3v) is 5.81. The fraction of sp³-hybridized carbons (Fsp3) is 0.423. The Labute approximate surface area is 190 Å². The molecular weight excluding hydrogens is 402 g/mol. The van der Waals surface area contributed by atoms with Crippen molar-refractivity contribution < 1.29 is 14.4 Å². The predicted molar refractivity (Wildman–Crippen MR) is 128 cm³/mol. The van der Waals surface area contributed by atoms with Gasteiger partial charge < -0.3 is 15.5 Å². The van der Waals surface area contributed by atoms with Gasteiger partial charge in [-0.3, -0.25) is 14.4 Å². The zero-order valence-corrected chi connectivity index (χ0v) is 19.0. The molecule has 6 heteroatoms. The van der Waals surface area contributed by atoms with E-state index in [-0.39, 0.29) is 30.1 Å². The molecular formula is C26H33N3O3. The molecule has 0 saturated carbocycles. The molecule has 1 heterocycles. The van der Waals surface area contributed by atoms with Crippen molar-refractivity contribution in [2.45, 2.75) is 52.4 Å². The van der Waals surface area contributed by atoms with Crippen molar-refractivity contribution in [3.8, 4) is 0 Å². The summed E-state index contributed by atoms with van der Waals surface area (Å²) < 4.78 is 0. The predicted octanol–water partition coefficient (Wildman–Crippen LogP) is 4.87. The van der Waals surface area contributed by atoms with E-state index < -0.39 is 0 Å². The third kappa shape index (κ3) is 6.42. The van der Waals surface area contributed by atoms with Crippen LogP contribution in [0.25, 0.3) is 0 Å². The molecule has 0 aliphatic carbocycles. The number of carbonyl (C=O) groups excluding carboxylic acids is 3. The van der Waals surface area contributed by atoms with Crippen molar-refractivity contribution in [2.75, 3.05) is 23.7 Å². The number of carbonyl (C=O) groups is 3. The monoisotopic (exact) mass is 435 g/mol. The van der Waals surface area contributed by atoms with Gasteiger partial charge >= 0.3 is 0 Å². The molecule has 32 heavy (non-hydrogen) atoms. The van der Waals surface area contributed by atoms with Crippen LogP contribution in [0.5, 0.6) is 0 Å². The number of anilines is 2. The first-order valence-corrected chi connectivity index (χ1v) is 11.6. The highest BCUT2D eigenvalue weighted by Gasteiger charge is 2.33. The van der Waals surface area contributed by atoms with E-state index in [0.29, 0.717) is 24.3 Å². The molecule has 3 amide bonds. The lowest BCUT2D eigenvalue weighted by Gasteiger charge is -2.16. The highest BCUT2D eigenvalue weighted by atomic mass is 16.2. The number of likely N-dealkylation sites (tertiary alicyclic amines) is 1. The maximum atomic E-state index is 12.6. The topological polar surface area (TPSA) is 78.5 Å². The quantitative estimate of drug-likeness (QED) is 0.559. The first kappa shape index (κ1) is 23.5. The second kappa shape index (κ2) is 11.5. The maximum Gasteiger partial charge on any atom is 0.255 e. The molecule has 1 aliphatic rings. The summed E-state index contributed by atoms with van der Waals surface area (Å²) in [5.41, 5.74) is 3.15. The maximum absolute atomic E-state index is 12.6. The summed E-state index contributed by atoms with van der Waals surface area (Å²) >= 11 is 0. The Balaban J connectivity index is 1.51. The Morgan fingerprint density at radius 2 is 1.53 bits per heavy atom. The smallest absolute Gasteiger partial charge is 0.255 e. The van der Waals surface area contributed by atoms with Gasteiger partial charge in [0.1, 0.15) is 0 Å². The number of hydrogen-bond donors (Lipinski definition) is 2. The van der Waals surface area contributed by atoms with Crippen molar-refractivity contribution in [1.82, 2.24) is 4.90 Å². The lowest BCUT2D eigenvalue weighted by Crippen LogP contribution is -2.29. The van der Waals surface area contributed by atoms with Crippen LogP contribution in [0.15, 0.2) is 48.5 Å². The minimum Gasteiger partial charge on any atom is -0.342 e. The van der Waals surface area contributed by atoms with E-state index in [9.17, 15) is 14.4 Å². The zero-order valence-electron chi connectivity index (χ0n) is 19.0. The number of amides is 3. The second-order valence-corrected chi connectivity index (χ2v) is 8.42. The summed E-state index contributed by atoms with van der Waals surface area (Å²) in [5.74, 6) is -0.638. The largest absolute Gasteiger partial charge is 0.342 e. The first-order valence-electron chi connectivity index (χ1n) is 11.6. The van der Waals surface area contributed by atoms with E-state index in [1.165, 1.54) is 5.56 Å². The Morgan fingerprint density at radius 1 is 0.906 bits per heavy atom. The van der Waals surface area contributed by atoms with Crippen LogP contribution in [0.4, 0.5) is 11.4 Å². The van der Waals surface area contributed by atoms with Gasteiger partial charge in [-0.2, -0.15) is 0 Å². The van der Waals surface area contributed by atoms with Crippen molar-refractivity contribution >= 4 is 29.1 Å². The van der Waals surface area contributed by atoms with Crippen LogP contribution in [0.3, 0.4) is 0 Å². The lowest BCUT2D eigenvalue weighted by atomic mass is 10.1. The Bertz CT molecular complexity index is 922. The van der Waals surface area contributed by atoms with Gasteiger partial charge in [-0.15, -0.1) is 0 Å². The van der Waals surface area contributed by atoms with Gasteiger partial charge in [0.15, 0.2) is 0 Å². The molecule has 0 aromatic heterocycles. The third-order valence-electron chi connectivity index (χ3n) is 5.81. The molecule has 6 nitrogen and oxygen atoms in total. The molecule has 1 fully saturated rings. The molecule has 0 bridgehead atoms. The van der Waals surface area contributed by atoms with E-state index in [0.717, 1.165) is 37.8 Å². The van der Waals surface area contributed by atoms with E-state index in [1.807, 2.05) is 24.3 Å². The molecule has 2 aromatic carbocycles. The number of aryl methyl sites for hydroxylation is 1. The Morgan fingerprint density at radius 3 is 2.19 bits per heavy atom. The fourth-order valence-corrected chi connectivity index (χ4v) is 3.80. The second-order valence-electron chi connectivity index (χ2n) is 8.42. The summed E-state index contributed by atoms with van der Waals surface area (Å²) in [5, 5.41) is 5.77. The van der Waals surface area contributed by atoms with Crippen molar-refractivity contribution in [3.63, 3.8) is 0 Å². The van der Waals surface area contributed by atoms with Gasteiger partial charge in [-0.1, -0.05) is 38.8 Å². The van der Waals surface area contributed by atoms with Crippen LogP contribution in [-0.4, -0.2) is 35.7 Å². The van der Waals surface area contributed by atoms with E-state index in [1.54, 1.807) is 29.2 Å². The Hall–Kier alpha value is -3.15. The normalized spacial score (nSPS) is 15.6. The van der Waals surface area contributed by atoms with Crippen LogP contribution in [0.1, 0.15) is 61.9 Å². The van der Waals surface area contributed by atoms with E-state index >= 15 is 0 Å². The van der Waals surface area contributed by atoms with Crippen LogP contribution in [0.2, 0.25) is 0 Å². The highest BCUT2D eigenvalue weighted by Crippen LogP contribution is 2.21. The number of nitrogens with zero attached hydrogens (tertiary/aromatic N) is 1. The van der Waals surface area contributed by atoms with Gasteiger partial charge in [0.25, 0.3) is 5.91 Å². The summed E-state index contributed by atoms with van der Waals surface area (Å²) in [4.78, 5) is 39.0. The zero-order chi connectivity index (χ0) is 22.9. The average Bonchev–Trinajstić information content (AvgIpc) is 3.18. The molecule has 1 atom stereocenters. The molecule has 0 radical (unpaired) electrons. The molecule has 2 N–H and O–H groups in total. The number of hydrogen-bond acceptors (Lipinski definition) is 3. The number of unbranched alkanes of at least 4 members (excludes halogenated alkanes) is 2.